The minimum Gasteiger partial charge on any atom is -0.465 e. The van der Waals surface area contributed by atoms with Gasteiger partial charge in [0.25, 0.3) is 0 Å². The van der Waals surface area contributed by atoms with Crippen molar-refractivity contribution in [2.75, 3.05) is 19.1 Å². The van der Waals surface area contributed by atoms with Crippen LogP contribution < -0.4 is 5.32 Å². The van der Waals surface area contributed by atoms with Crippen LogP contribution in [0.15, 0.2) is 47.6 Å². The normalized spacial score (nSPS) is 12.8. The van der Waals surface area contributed by atoms with Crippen LogP contribution >= 0.6 is 8.73 Å². The number of hydrogen-bond acceptors (Lipinski definition) is 5. The molecule has 1 aliphatic heterocycles. The number of fused-ring (bicyclic) bond motifs is 3. The van der Waals surface area contributed by atoms with Crippen LogP contribution in [0.3, 0.4) is 0 Å². The minimum atomic E-state index is -0.729. The summed E-state index contributed by atoms with van der Waals surface area (Å²) in [6.07, 6.45) is 1.53. The highest BCUT2D eigenvalue weighted by Crippen LogP contribution is 2.41. The lowest BCUT2D eigenvalue weighted by Gasteiger charge is -2.14. The Balaban J connectivity index is 1.97. The maximum absolute atomic E-state index is 14.4. The summed E-state index contributed by atoms with van der Waals surface area (Å²) in [5.41, 5.74) is 2.38. The average molecular weight is 400 g/mol. The number of halogens is 2. The maximum atomic E-state index is 14.4. The highest BCUT2D eigenvalue weighted by Gasteiger charge is 2.25. The van der Waals surface area contributed by atoms with Crippen molar-refractivity contribution in [2.45, 2.75) is 0 Å². The molecule has 0 saturated heterocycles. The molecule has 0 amide bonds. The molecule has 6 nitrogen and oxygen atoms in total. The number of methoxy groups -OCH3 is 1. The van der Waals surface area contributed by atoms with Gasteiger partial charge in [-0.15, -0.1) is 0 Å². The lowest BCUT2D eigenvalue weighted by Crippen LogP contribution is -2.17. The molecule has 0 bridgehead atoms. The monoisotopic (exact) mass is 400 g/mol. The highest BCUT2D eigenvalue weighted by atomic mass is 31.1. The van der Waals surface area contributed by atoms with Gasteiger partial charge in [0.2, 0.25) is 0 Å². The van der Waals surface area contributed by atoms with Gasteiger partial charge in [0, 0.05) is 20.0 Å². The molecule has 4 rings (SSSR count). The lowest BCUT2D eigenvalue weighted by molar-refractivity contribution is 0.0601. The number of carbonyl (C=O) groups is 1. The summed E-state index contributed by atoms with van der Waals surface area (Å²) >= 11 is 0. The summed E-state index contributed by atoms with van der Waals surface area (Å²) in [6, 6.07) is 8.53. The summed E-state index contributed by atoms with van der Waals surface area (Å²) in [5.74, 6) is -1.92. The first kappa shape index (κ1) is 18.3. The fourth-order valence-corrected chi connectivity index (χ4v) is 3.69. The fourth-order valence-electron chi connectivity index (χ4n) is 3.06. The molecular weight excluding hydrogens is 385 g/mol. The first-order chi connectivity index (χ1) is 13.5. The smallest absolute Gasteiger partial charge is 0.337 e. The minimum absolute atomic E-state index is 0.0282. The molecule has 142 valence electrons. The Morgan fingerprint density at radius 3 is 2.64 bits per heavy atom. The van der Waals surface area contributed by atoms with Gasteiger partial charge in [-0.25, -0.2) is 23.0 Å². The number of anilines is 1. The molecule has 1 N–H and O–H groups in total. The van der Waals surface area contributed by atoms with E-state index in [-0.39, 0.29) is 11.4 Å². The van der Waals surface area contributed by atoms with Crippen molar-refractivity contribution in [3.8, 4) is 11.3 Å². The van der Waals surface area contributed by atoms with E-state index in [0.29, 0.717) is 36.9 Å². The van der Waals surface area contributed by atoms with Crippen molar-refractivity contribution in [3.05, 3.63) is 65.4 Å². The molecule has 2 aromatic carbocycles. The Hall–Kier alpha value is -3.12. The van der Waals surface area contributed by atoms with Crippen LogP contribution in [0, 0.1) is 11.6 Å². The van der Waals surface area contributed by atoms with Gasteiger partial charge in [-0.2, -0.15) is 5.10 Å². The number of ether oxygens (including phenoxy) is 1. The quantitative estimate of drug-likeness (QED) is 0.529. The topological polar surface area (TPSA) is 68.5 Å². The van der Waals surface area contributed by atoms with Crippen LogP contribution in [0.1, 0.15) is 15.9 Å². The van der Waals surface area contributed by atoms with Gasteiger partial charge in [-0.05, 0) is 37.0 Å². The van der Waals surface area contributed by atoms with Crippen LogP contribution in [0.5, 0.6) is 0 Å². The molecular formula is C19H15F2N4O2P. The number of rotatable bonds is 3. The fraction of sp³-hybridized carbons (Fsp3) is 0.105. The zero-order valence-corrected chi connectivity index (χ0v) is 16.0. The van der Waals surface area contributed by atoms with Crippen molar-refractivity contribution >= 4 is 31.9 Å². The lowest BCUT2D eigenvalue weighted by atomic mass is 10.0. The first-order valence-corrected chi connectivity index (χ1v) is 9.77. The van der Waals surface area contributed by atoms with Crippen molar-refractivity contribution in [1.29, 1.82) is 0 Å². The van der Waals surface area contributed by atoms with E-state index in [1.54, 1.807) is 22.7 Å². The van der Waals surface area contributed by atoms with Gasteiger partial charge in [-0.1, -0.05) is 6.07 Å². The number of hydrogen-bond donors (Lipinski definition) is 1. The Morgan fingerprint density at radius 1 is 1.21 bits per heavy atom. The molecule has 9 heteroatoms. The summed E-state index contributed by atoms with van der Waals surface area (Å²) in [5, 5.41) is 7.32. The second-order valence-corrected chi connectivity index (χ2v) is 6.82. The third-order valence-corrected chi connectivity index (χ3v) is 5.11. The summed E-state index contributed by atoms with van der Waals surface area (Å²) in [4.78, 5) is 16.4. The molecule has 0 aliphatic carbocycles. The van der Waals surface area contributed by atoms with Gasteiger partial charge in [0.05, 0.1) is 30.1 Å². The molecule has 1 atom stereocenters. The van der Waals surface area contributed by atoms with Gasteiger partial charge < -0.3 is 10.1 Å². The largest absolute Gasteiger partial charge is 0.465 e. The highest BCUT2D eigenvalue weighted by molar-refractivity contribution is 7.35. The Bertz CT molecular complexity index is 1110. The molecule has 1 aliphatic rings. The van der Waals surface area contributed by atoms with E-state index < -0.39 is 17.6 Å². The first-order valence-electron chi connectivity index (χ1n) is 8.32. The maximum Gasteiger partial charge on any atom is 0.337 e. The summed E-state index contributed by atoms with van der Waals surface area (Å²) in [6.45, 7) is 1.94. The Kier molecular flexibility index (Phi) is 4.65. The second-order valence-electron chi connectivity index (χ2n) is 5.95. The average Bonchev–Trinajstić information content (AvgIpc) is 3.02. The molecule has 0 saturated carbocycles. The van der Waals surface area contributed by atoms with Gasteiger partial charge in [-0.3, -0.25) is 0 Å². The molecule has 0 radical (unpaired) electrons. The number of aliphatic imine (C=N–C) groups is 1. The Morgan fingerprint density at radius 2 is 1.96 bits per heavy atom. The van der Waals surface area contributed by atoms with E-state index in [2.05, 4.69) is 15.4 Å². The third-order valence-electron chi connectivity index (χ3n) is 4.34. The van der Waals surface area contributed by atoms with Crippen molar-refractivity contribution in [1.82, 2.24) is 9.55 Å². The van der Waals surface area contributed by atoms with E-state index in [0.717, 1.165) is 0 Å². The van der Waals surface area contributed by atoms with Gasteiger partial charge in [0.15, 0.2) is 0 Å². The number of amidine groups is 1. The van der Waals surface area contributed by atoms with Crippen LogP contribution in [0.2, 0.25) is 0 Å². The molecule has 2 heterocycles. The van der Waals surface area contributed by atoms with Crippen LogP contribution in [0.25, 0.3) is 11.3 Å². The van der Waals surface area contributed by atoms with E-state index >= 15 is 0 Å². The summed E-state index contributed by atoms with van der Waals surface area (Å²) < 4.78 is 35.3. The Labute approximate surface area is 161 Å². The van der Waals surface area contributed by atoms with E-state index in [1.165, 1.54) is 31.5 Å². The van der Waals surface area contributed by atoms with Crippen LogP contribution in [0.4, 0.5) is 20.2 Å². The number of aromatic nitrogens is 2. The third kappa shape index (κ3) is 2.96. The van der Waals surface area contributed by atoms with E-state index in [1.807, 2.05) is 6.66 Å². The van der Waals surface area contributed by atoms with Crippen LogP contribution in [-0.4, -0.2) is 35.1 Å². The molecule has 0 fully saturated rings. The van der Waals surface area contributed by atoms with Crippen molar-refractivity contribution < 1.29 is 18.3 Å². The van der Waals surface area contributed by atoms with E-state index in [4.69, 9.17) is 4.74 Å². The molecule has 1 aromatic heterocycles. The molecule has 28 heavy (non-hydrogen) atoms. The van der Waals surface area contributed by atoms with Crippen molar-refractivity contribution in [2.24, 2.45) is 4.99 Å². The number of esters is 1. The number of nitrogens with zero attached hydrogens (tertiary/aromatic N) is 3. The van der Waals surface area contributed by atoms with Gasteiger partial charge in [0.1, 0.15) is 23.2 Å². The summed E-state index contributed by atoms with van der Waals surface area (Å²) in [7, 11) is 1.60. The van der Waals surface area contributed by atoms with Crippen molar-refractivity contribution in [3.63, 3.8) is 0 Å². The number of carbonyl (C=O) groups excluding carboxylic acids is 1. The predicted octanol–water partition coefficient (Wildman–Crippen LogP) is 4.19. The zero-order chi connectivity index (χ0) is 19.8. The molecule has 0 spiro atoms. The second kappa shape index (κ2) is 7.13. The number of nitrogens with one attached hydrogen (secondary N) is 1. The standard InChI is InChI=1S/C19H15F2N4O2P/c1-27-19(26)10-6-7-14-11(8-10)17-15(9-22-25(17)28-2)24-18(23-14)16-12(20)4-3-5-13(16)21/h3-9,28H,1-2H3,(H,23,24). The molecule has 1 unspecified atom stereocenters. The number of benzene rings is 2. The predicted molar refractivity (Wildman–Crippen MR) is 105 cm³/mol. The molecule has 3 aromatic rings. The van der Waals surface area contributed by atoms with Gasteiger partial charge >= 0.3 is 5.97 Å². The van der Waals surface area contributed by atoms with E-state index in [9.17, 15) is 13.6 Å². The van der Waals surface area contributed by atoms with Crippen LogP contribution in [-0.2, 0) is 4.74 Å². The zero-order valence-electron chi connectivity index (χ0n) is 15.0. The SMILES string of the molecule is COC(=O)c1ccc2c(c1)-c1c(cnn1PC)N=C(c1c(F)cccc1F)N2.